The number of carbonyl (C=O) groups excluding carboxylic acids is 1. The van der Waals surface area contributed by atoms with E-state index in [1.54, 1.807) is 0 Å². The molecule has 1 saturated heterocycles. The minimum Gasteiger partial charge on any atom is -0.334 e. The minimum absolute atomic E-state index is 0.125. The topological polar surface area (TPSA) is 66.5 Å². The lowest BCUT2D eigenvalue weighted by Gasteiger charge is -2.33. The quantitative estimate of drug-likeness (QED) is 0.743. The Bertz CT molecular complexity index is 804. The number of nitrogens with zero attached hydrogens (tertiary/aromatic N) is 1. The second kappa shape index (κ2) is 7.45. The third kappa shape index (κ3) is 4.89. The predicted octanol–water partition coefficient (Wildman–Crippen LogP) is 3.26. The zero-order valence-corrected chi connectivity index (χ0v) is 15.5. The van der Waals surface area contributed by atoms with Crippen LogP contribution in [0.4, 0.5) is 31.1 Å². The Hall–Kier alpha value is -1.98. The highest BCUT2D eigenvalue weighted by atomic mass is 32.2. The van der Waals surface area contributed by atoms with E-state index in [1.165, 1.54) is 24.3 Å². The van der Waals surface area contributed by atoms with Crippen molar-refractivity contribution in [2.24, 2.45) is 5.41 Å². The number of amides is 2. The lowest BCUT2D eigenvalue weighted by molar-refractivity contribution is -0.334. The van der Waals surface area contributed by atoms with Crippen LogP contribution in [0.1, 0.15) is 17.5 Å². The third-order valence-electron chi connectivity index (χ3n) is 4.54. The molecule has 158 valence electrons. The van der Waals surface area contributed by atoms with Gasteiger partial charge >= 0.3 is 18.4 Å². The number of benzene rings is 1. The molecular weight excluding hydrogens is 414 g/mol. The Labute approximate surface area is 157 Å². The van der Waals surface area contributed by atoms with Crippen molar-refractivity contribution in [2.75, 3.05) is 19.3 Å². The molecule has 5 nitrogen and oxygen atoms in total. The first-order valence-electron chi connectivity index (χ1n) is 8.06. The summed E-state index contributed by atoms with van der Waals surface area (Å²) in [5, 5.41) is 2.28. The summed E-state index contributed by atoms with van der Waals surface area (Å²) in [6, 6.07) is 5.02. The molecule has 0 radical (unpaired) electrons. The molecule has 12 heteroatoms. The van der Waals surface area contributed by atoms with Crippen molar-refractivity contribution in [3.63, 3.8) is 0 Å². The van der Waals surface area contributed by atoms with Gasteiger partial charge in [-0.1, -0.05) is 24.3 Å². The van der Waals surface area contributed by atoms with E-state index in [2.05, 4.69) is 5.32 Å². The summed E-state index contributed by atoms with van der Waals surface area (Å²) in [5.41, 5.74) is -2.90. The van der Waals surface area contributed by atoms with Crippen LogP contribution in [-0.4, -0.2) is 51.0 Å². The van der Waals surface area contributed by atoms with Gasteiger partial charge in [-0.15, -0.1) is 0 Å². The van der Waals surface area contributed by atoms with Gasteiger partial charge < -0.3 is 10.2 Å². The van der Waals surface area contributed by atoms with Gasteiger partial charge in [0.2, 0.25) is 0 Å². The van der Waals surface area contributed by atoms with E-state index in [0.717, 1.165) is 6.26 Å². The second-order valence-corrected chi connectivity index (χ2v) is 8.93. The first-order valence-corrected chi connectivity index (χ1v) is 10.1. The fourth-order valence-corrected chi connectivity index (χ4v) is 3.75. The molecule has 0 unspecified atom stereocenters. The van der Waals surface area contributed by atoms with Crippen molar-refractivity contribution in [3.8, 4) is 0 Å². The molecule has 1 N–H and O–H groups in total. The number of halogens is 6. The molecule has 0 bridgehead atoms. The molecular formula is C16H18F6N2O3S. The number of hydrogen-bond donors (Lipinski definition) is 1. The maximum atomic E-state index is 13.0. The zero-order valence-electron chi connectivity index (χ0n) is 14.7. The number of carbonyl (C=O) groups is 1. The number of likely N-dealkylation sites (tertiary alicyclic amines) is 1. The summed E-state index contributed by atoms with van der Waals surface area (Å²) in [4.78, 5) is 12.5. The van der Waals surface area contributed by atoms with Gasteiger partial charge in [0.25, 0.3) is 0 Å². The van der Waals surface area contributed by atoms with Crippen LogP contribution in [0.5, 0.6) is 0 Å². The molecule has 1 aromatic carbocycles. The highest BCUT2D eigenvalue weighted by molar-refractivity contribution is 7.89. The molecule has 0 saturated carbocycles. The maximum Gasteiger partial charge on any atom is 0.404 e. The van der Waals surface area contributed by atoms with Crippen LogP contribution >= 0.6 is 0 Å². The van der Waals surface area contributed by atoms with Crippen molar-refractivity contribution in [3.05, 3.63) is 35.4 Å². The average Bonchev–Trinajstić information content (AvgIpc) is 2.99. The molecule has 2 rings (SSSR count). The Morgan fingerprint density at radius 2 is 1.57 bits per heavy atom. The first-order chi connectivity index (χ1) is 12.6. The van der Waals surface area contributed by atoms with Gasteiger partial charge in [0.05, 0.1) is 5.75 Å². The van der Waals surface area contributed by atoms with Gasteiger partial charge in [0.15, 0.2) is 15.3 Å². The van der Waals surface area contributed by atoms with E-state index >= 15 is 0 Å². The Morgan fingerprint density at radius 3 is 2.00 bits per heavy atom. The molecule has 1 fully saturated rings. The van der Waals surface area contributed by atoms with Gasteiger partial charge in [-0.05, 0) is 17.5 Å². The molecule has 2 amide bonds. The van der Waals surface area contributed by atoms with Gasteiger partial charge in [-0.3, -0.25) is 0 Å². The van der Waals surface area contributed by atoms with Crippen LogP contribution in [0, 0.1) is 5.41 Å². The van der Waals surface area contributed by atoms with Crippen LogP contribution in [-0.2, 0) is 22.1 Å². The van der Waals surface area contributed by atoms with E-state index in [9.17, 15) is 39.6 Å². The monoisotopic (exact) mass is 432 g/mol. The maximum absolute atomic E-state index is 13.0. The summed E-state index contributed by atoms with van der Waals surface area (Å²) < 4.78 is 101. The number of alkyl halides is 6. The molecule has 1 aliphatic rings. The van der Waals surface area contributed by atoms with Crippen LogP contribution in [0.3, 0.4) is 0 Å². The first kappa shape index (κ1) is 22.3. The van der Waals surface area contributed by atoms with E-state index in [1.807, 2.05) is 0 Å². The number of nitrogens with one attached hydrogen (secondary N) is 1. The molecule has 0 spiro atoms. The lowest BCUT2D eigenvalue weighted by Crippen LogP contribution is -2.52. The fraction of sp³-hybridized carbons (Fsp3) is 0.562. The number of urea groups is 1. The highest BCUT2D eigenvalue weighted by Gasteiger charge is 2.72. The minimum atomic E-state index is -5.52. The fourth-order valence-electron chi connectivity index (χ4n) is 2.95. The normalized spacial score (nSPS) is 17.6. The van der Waals surface area contributed by atoms with Gasteiger partial charge in [0.1, 0.15) is 0 Å². The van der Waals surface area contributed by atoms with Gasteiger partial charge in [-0.25, -0.2) is 13.2 Å². The zero-order chi connectivity index (χ0) is 21.4. The summed E-state index contributed by atoms with van der Waals surface area (Å²) in [5.74, 6) is -0.176. The van der Waals surface area contributed by atoms with E-state index in [0.29, 0.717) is 16.0 Å². The Morgan fingerprint density at radius 1 is 1.07 bits per heavy atom. The van der Waals surface area contributed by atoms with Gasteiger partial charge in [-0.2, -0.15) is 26.3 Å². The molecule has 0 aromatic heterocycles. The second-order valence-electron chi connectivity index (χ2n) is 6.79. The average molecular weight is 432 g/mol. The standard InChI is InChI=1S/C16H18F6N2O3S/c1-28(26,27)9-12-4-2-11(3-5-12)8-23-13(25)24-7-6-14(10-24,15(17,18)19)16(20,21)22/h2-5H,6-10H2,1H3,(H,23,25). The molecule has 28 heavy (non-hydrogen) atoms. The van der Waals surface area contributed by atoms with Crippen LogP contribution < -0.4 is 5.32 Å². The smallest absolute Gasteiger partial charge is 0.334 e. The number of rotatable bonds is 4. The predicted molar refractivity (Wildman–Crippen MR) is 88.0 cm³/mol. The van der Waals surface area contributed by atoms with E-state index in [-0.39, 0.29) is 12.3 Å². The lowest BCUT2D eigenvalue weighted by atomic mass is 9.85. The number of hydrogen-bond acceptors (Lipinski definition) is 3. The Balaban J connectivity index is 1.99. The van der Waals surface area contributed by atoms with Crippen LogP contribution in [0.25, 0.3) is 0 Å². The largest absolute Gasteiger partial charge is 0.404 e. The van der Waals surface area contributed by atoms with Crippen LogP contribution in [0.15, 0.2) is 24.3 Å². The molecule has 1 aliphatic heterocycles. The summed E-state index contributed by atoms with van der Waals surface area (Å²) in [7, 11) is -3.22. The van der Waals surface area contributed by atoms with Crippen molar-refractivity contribution < 1.29 is 39.6 Å². The highest BCUT2D eigenvalue weighted by Crippen LogP contribution is 2.55. The number of sulfone groups is 1. The van der Waals surface area contributed by atoms with Crippen molar-refractivity contribution in [1.82, 2.24) is 10.2 Å². The molecule has 0 aliphatic carbocycles. The van der Waals surface area contributed by atoms with Crippen LogP contribution in [0.2, 0.25) is 0 Å². The summed E-state index contributed by atoms with van der Waals surface area (Å²) >= 11 is 0. The summed E-state index contributed by atoms with van der Waals surface area (Å²) in [6.45, 7) is -2.28. The molecule has 0 atom stereocenters. The van der Waals surface area contributed by atoms with Gasteiger partial charge in [0, 0.05) is 25.9 Å². The van der Waals surface area contributed by atoms with Crippen molar-refractivity contribution in [1.29, 1.82) is 0 Å². The molecule has 1 aromatic rings. The van der Waals surface area contributed by atoms with E-state index in [4.69, 9.17) is 0 Å². The SMILES string of the molecule is CS(=O)(=O)Cc1ccc(CNC(=O)N2CCC(C(F)(F)F)(C(F)(F)F)C2)cc1. The summed E-state index contributed by atoms with van der Waals surface area (Å²) in [6.07, 6.45) is -11.2. The van der Waals surface area contributed by atoms with Crippen molar-refractivity contribution >= 4 is 15.9 Å². The van der Waals surface area contributed by atoms with Crippen molar-refractivity contribution in [2.45, 2.75) is 31.1 Å². The molecule has 1 heterocycles. The Kier molecular flexibility index (Phi) is 5.94. The third-order valence-corrected chi connectivity index (χ3v) is 5.40. The van der Waals surface area contributed by atoms with E-state index < -0.39 is 53.1 Å².